The second-order valence-electron chi connectivity index (χ2n) is 4.58. The first-order chi connectivity index (χ1) is 8.31. The Morgan fingerprint density at radius 3 is 3.00 bits per heavy atom. The zero-order valence-electron chi connectivity index (χ0n) is 10.3. The van der Waals surface area contributed by atoms with Crippen LogP contribution in [0, 0.1) is 0 Å². The first-order valence-corrected chi connectivity index (χ1v) is 7.41. The first kappa shape index (κ1) is 12.8. The van der Waals surface area contributed by atoms with E-state index < -0.39 is 0 Å². The summed E-state index contributed by atoms with van der Waals surface area (Å²) in [6.45, 7) is 2.19. The van der Waals surface area contributed by atoms with E-state index in [-0.39, 0.29) is 12.5 Å². The van der Waals surface area contributed by atoms with Gasteiger partial charge in [0.2, 0.25) is 0 Å². The van der Waals surface area contributed by atoms with Gasteiger partial charge < -0.3 is 9.84 Å². The summed E-state index contributed by atoms with van der Waals surface area (Å²) in [5.41, 5.74) is 1.12. The fourth-order valence-electron chi connectivity index (χ4n) is 2.08. The molecule has 0 radical (unpaired) electrons. The highest BCUT2D eigenvalue weighted by atomic mass is 32.2. The number of hydrogen-bond donors (Lipinski definition) is 1. The monoisotopic (exact) mass is 252 g/mol. The number of ether oxygens (including phenoxy) is 1. The van der Waals surface area contributed by atoms with Gasteiger partial charge in [-0.05, 0) is 30.2 Å². The molecule has 2 rings (SSSR count). The fourth-order valence-corrected chi connectivity index (χ4v) is 3.11. The lowest BCUT2D eigenvalue weighted by Gasteiger charge is -2.25. The highest BCUT2D eigenvalue weighted by molar-refractivity contribution is 7.99. The van der Waals surface area contributed by atoms with Crippen LogP contribution in [0.1, 0.15) is 31.2 Å². The molecule has 2 unspecified atom stereocenters. The number of rotatable bonds is 4. The molecule has 0 aliphatic carbocycles. The molecule has 0 amide bonds. The lowest BCUT2D eigenvalue weighted by atomic mass is 10.0. The molecule has 2 atom stereocenters. The molecule has 1 aromatic rings. The summed E-state index contributed by atoms with van der Waals surface area (Å²) in [5, 5.41) is 9.26. The van der Waals surface area contributed by atoms with E-state index in [9.17, 15) is 5.11 Å². The molecular formula is C14H20O2S. The van der Waals surface area contributed by atoms with Gasteiger partial charge in [-0.1, -0.05) is 25.1 Å². The maximum Gasteiger partial charge on any atom is 0.123 e. The Kier molecular flexibility index (Phi) is 4.75. The van der Waals surface area contributed by atoms with Crippen LogP contribution in [0.15, 0.2) is 24.3 Å². The third-order valence-electron chi connectivity index (χ3n) is 3.14. The summed E-state index contributed by atoms with van der Waals surface area (Å²) >= 11 is 1.97. The minimum atomic E-state index is 0.141. The van der Waals surface area contributed by atoms with Gasteiger partial charge in [0.25, 0.3) is 0 Å². The predicted octanol–water partition coefficient (Wildman–Crippen LogP) is 3.06. The summed E-state index contributed by atoms with van der Waals surface area (Å²) in [5.74, 6) is 3.43. The van der Waals surface area contributed by atoms with Crippen molar-refractivity contribution in [1.82, 2.24) is 0 Å². The Morgan fingerprint density at radius 1 is 1.47 bits per heavy atom. The average Bonchev–Trinajstić information content (AvgIpc) is 2.40. The molecule has 1 aromatic carbocycles. The Balaban J connectivity index is 2.08. The van der Waals surface area contributed by atoms with Crippen molar-refractivity contribution in [1.29, 1.82) is 0 Å². The third kappa shape index (κ3) is 3.39. The lowest BCUT2D eigenvalue weighted by molar-refractivity contribution is 0.205. The summed E-state index contributed by atoms with van der Waals surface area (Å²) in [7, 11) is 0. The average molecular weight is 252 g/mol. The molecule has 0 saturated carbocycles. The van der Waals surface area contributed by atoms with Crippen molar-refractivity contribution in [2.45, 2.75) is 31.8 Å². The van der Waals surface area contributed by atoms with Crippen LogP contribution in [0.5, 0.6) is 5.75 Å². The Morgan fingerprint density at radius 2 is 2.29 bits per heavy atom. The number of hydrogen-bond acceptors (Lipinski definition) is 3. The van der Waals surface area contributed by atoms with Crippen molar-refractivity contribution < 1.29 is 9.84 Å². The largest absolute Gasteiger partial charge is 0.489 e. The maximum atomic E-state index is 9.26. The van der Waals surface area contributed by atoms with E-state index in [0.717, 1.165) is 23.5 Å². The van der Waals surface area contributed by atoms with Crippen molar-refractivity contribution in [2.75, 3.05) is 18.1 Å². The molecular weight excluding hydrogens is 232 g/mol. The topological polar surface area (TPSA) is 29.5 Å². The summed E-state index contributed by atoms with van der Waals surface area (Å²) in [4.78, 5) is 0. The predicted molar refractivity (Wildman–Crippen MR) is 72.9 cm³/mol. The molecule has 17 heavy (non-hydrogen) atoms. The third-order valence-corrected chi connectivity index (χ3v) is 4.32. The van der Waals surface area contributed by atoms with Crippen LogP contribution in [0.25, 0.3) is 0 Å². The number of thioether (sulfide) groups is 1. The van der Waals surface area contributed by atoms with Gasteiger partial charge in [-0.15, -0.1) is 0 Å². The molecule has 0 spiro atoms. The van der Waals surface area contributed by atoms with Crippen LogP contribution in [0.3, 0.4) is 0 Å². The van der Waals surface area contributed by atoms with E-state index in [1.165, 1.54) is 12.2 Å². The zero-order valence-corrected chi connectivity index (χ0v) is 11.1. The van der Waals surface area contributed by atoms with Crippen molar-refractivity contribution in [3.63, 3.8) is 0 Å². The van der Waals surface area contributed by atoms with Crippen LogP contribution in [-0.4, -0.2) is 29.3 Å². The fraction of sp³-hybridized carbons (Fsp3) is 0.571. The maximum absolute atomic E-state index is 9.26. The summed E-state index contributed by atoms with van der Waals surface area (Å²) < 4.78 is 6.08. The number of benzene rings is 1. The van der Waals surface area contributed by atoms with Gasteiger partial charge >= 0.3 is 0 Å². The standard InChI is InChI=1S/C14H20O2S/c1-11(9-15)13-6-2-3-7-14(13)16-12-5-4-8-17-10-12/h2-3,6-7,11-12,15H,4-5,8-10H2,1H3. The highest BCUT2D eigenvalue weighted by Gasteiger charge is 2.18. The van der Waals surface area contributed by atoms with E-state index >= 15 is 0 Å². The minimum absolute atomic E-state index is 0.141. The summed E-state index contributed by atoms with van der Waals surface area (Å²) in [6, 6.07) is 8.07. The quantitative estimate of drug-likeness (QED) is 0.893. The van der Waals surface area contributed by atoms with Crippen LogP contribution < -0.4 is 4.74 Å². The van der Waals surface area contributed by atoms with Gasteiger partial charge in [0.15, 0.2) is 0 Å². The van der Waals surface area contributed by atoms with E-state index in [1.54, 1.807) is 0 Å². The van der Waals surface area contributed by atoms with Crippen LogP contribution in [0.4, 0.5) is 0 Å². The molecule has 3 heteroatoms. The van der Waals surface area contributed by atoms with Gasteiger partial charge in [-0.25, -0.2) is 0 Å². The SMILES string of the molecule is CC(CO)c1ccccc1OC1CCCSC1. The second-order valence-corrected chi connectivity index (χ2v) is 5.73. The lowest BCUT2D eigenvalue weighted by Crippen LogP contribution is -2.24. The van der Waals surface area contributed by atoms with E-state index in [4.69, 9.17) is 4.74 Å². The van der Waals surface area contributed by atoms with Crippen molar-refractivity contribution >= 4 is 11.8 Å². The minimum Gasteiger partial charge on any atom is -0.489 e. The molecule has 1 heterocycles. The molecule has 0 aromatic heterocycles. The first-order valence-electron chi connectivity index (χ1n) is 6.25. The van der Waals surface area contributed by atoms with E-state index in [1.807, 2.05) is 43.0 Å². The Hall–Kier alpha value is -0.670. The number of aliphatic hydroxyl groups excluding tert-OH is 1. The summed E-state index contributed by atoms with van der Waals surface area (Å²) in [6.07, 6.45) is 2.72. The van der Waals surface area contributed by atoms with Crippen LogP contribution in [-0.2, 0) is 0 Å². The van der Waals surface area contributed by atoms with E-state index in [0.29, 0.717) is 6.10 Å². The van der Waals surface area contributed by atoms with E-state index in [2.05, 4.69) is 0 Å². The van der Waals surface area contributed by atoms with Gasteiger partial charge in [-0.2, -0.15) is 11.8 Å². The number of para-hydroxylation sites is 1. The van der Waals surface area contributed by atoms with Gasteiger partial charge in [0.05, 0.1) is 0 Å². The molecule has 2 nitrogen and oxygen atoms in total. The second kappa shape index (κ2) is 6.31. The smallest absolute Gasteiger partial charge is 0.123 e. The molecule has 0 bridgehead atoms. The van der Waals surface area contributed by atoms with Crippen LogP contribution >= 0.6 is 11.8 Å². The molecule has 1 fully saturated rings. The molecule has 1 N–H and O–H groups in total. The highest BCUT2D eigenvalue weighted by Crippen LogP contribution is 2.29. The van der Waals surface area contributed by atoms with Crippen LogP contribution in [0.2, 0.25) is 0 Å². The van der Waals surface area contributed by atoms with Crippen molar-refractivity contribution in [2.24, 2.45) is 0 Å². The van der Waals surface area contributed by atoms with Crippen molar-refractivity contribution in [3.8, 4) is 5.75 Å². The molecule has 1 aliphatic rings. The number of aliphatic hydroxyl groups is 1. The Bertz CT molecular complexity index is 348. The van der Waals surface area contributed by atoms with Gasteiger partial charge in [0, 0.05) is 18.3 Å². The molecule has 94 valence electrons. The van der Waals surface area contributed by atoms with Gasteiger partial charge in [-0.3, -0.25) is 0 Å². The molecule has 1 aliphatic heterocycles. The molecule has 1 saturated heterocycles. The Labute approximate surface area is 107 Å². The normalized spacial score (nSPS) is 22.1. The van der Waals surface area contributed by atoms with Crippen molar-refractivity contribution in [3.05, 3.63) is 29.8 Å². The van der Waals surface area contributed by atoms with Gasteiger partial charge in [0.1, 0.15) is 11.9 Å². The zero-order chi connectivity index (χ0) is 12.1.